The van der Waals surface area contributed by atoms with Crippen molar-refractivity contribution in [2.45, 2.75) is 37.9 Å². The summed E-state index contributed by atoms with van der Waals surface area (Å²) in [6.45, 7) is 6.92. The molecule has 1 fully saturated rings. The van der Waals surface area contributed by atoms with Gasteiger partial charge in [0.05, 0.1) is 12.1 Å². The van der Waals surface area contributed by atoms with Crippen molar-refractivity contribution in [1.29, 1.82) is 0 Å². The van der Waals surface area contributed by atoms with Crippen LogP contribution in [0.4, 0.5) is 0 Å². The Balaban J connectivity index is 2.00. The highest BCUT2D eigenvalue weighted by molar-refractivity contribution is 5.79. The Morgan fingerprint density at radius 2 is 1.96 bits per heavy atom. The van der Waals surface area contributed by atoms with E-state index in [1.807, 2.05) is 37.3 Å². The largest absolute Gasteiger partial charge is 0.384 e. The van der Waals surface area contributed by atoms with Gasteiger partial charge in [-0.2, -0.15) is 0 Å². The number of nitrogens with zero attached hydrogens (tertiary/aromatic N) is 1. The zero-order valence-electron chi connectivity index (χ0n) is 15.5. The van der Waals surface area contributed by atoms with E-state index in [2.05, 4.69) is 15.6 Å². The quantitative estimate of drug-likeness (QED) is 0.515. The van der Waals surface area contributed by atoms with Crippen LogP contribution in [0, 0.1) is 0 Å². The third-order valence-electron chi connectivity index (χ3n) is 4.70. The standard InChI is InChI=1S/C19H31N3O3/c1-4-20-17(22-15-19(24-3)10-12-25-13-11-19)21-14-18(2,23)16-8-6-5-7-9-16/h5-9,23H,4,10-15H2,1-3H3,(H2,20,21,22). The van der Waals surface area contributed by atoms with E-state index in [4.69, 9.17) is 9.47 Å². The number of hydrogen-bond acceptors (Lipinski definition) is 4. The van der Waals surface area contributed by atoms with Crippen molar-refractivity contribution < 1.29 is 14.6 Å². The topological polar surface area (TPSA) is 75.1 Å². The molecule has 0 aliphatic carbocycles. The molecular formula is C19H31N3O3. The summed E-state index contributed by atoms with van der Waals surface area (Å²) in [6, 6.07) is 9.61. The molecule has 1 saturated heterocycles. The molecule has 3 N–H and O–H groups in total. The lowest BCUT2D eigenvalue weighted by Gasteiger charge is -2.36. The second kappa shape index (κ2) is 9.17. The van der Waals surface area contributed by atoms with Crippen molar-refractivity contribution in [3.8, 4) is 0 Å². The first-order valence-electron chi connectivity index (χ1n) is 8.94. The summed E-state index contributed by atoms with van der Waals surface area (Å²) in [6.07, 6.45) is 1.72. The van der Waals surface area contributed by atoms with Gasteiger partial charge in [-0.05, 0) is 19.4 Å². The zero-order chi connectivity index (χ0) is 18.2. The van der Waals surface area contributed by atoms with Gasteiger partial charge in [-0.1, -0.05) is 30.3 Å². The van der Waals surface area contributed by atoms with E-state index in [1.165, 1.54) is 0 Å². The number of methoxy groups -OCH3 is 1. The highest BCUT2D eigenvalue weighted by Crippen LogP contribution is 2.23. The number of rotatable bonds is 7. The first-order chi connectivity index (χ1) is 12.0. The molecule has 0 radical (unpaired) electrons. The van der Waals surface area contributed by atoms with E-state index in [0.717, 1.165) is 24.9 Å². The Hall–Kier alpha value is -1.63. The summed E-state index contributed by atoms with van der Waals surface area (Å²) < 4.78 is 11.2. The maximum Gasteiger partial charge on any atom is 0.191 e. The summed E-state index contributed by atoms with van der Waals surface area (Å²) in [5.74, 6) is 0.682. The lowest BCUT2D eigenvalue weighted by atomic mass is 9.94. The third kappa shape index (κ3) is 5.70. The molecule has 1 aromatic carbocycles. The first kappa shape index (κ1) is 19.7. The van der Waals surface area contributed by atoms with Crippen LogP contribution in [0.15, 0.2) is 35.3 Å². The summed E-state index contributed by atoms with van der Waals surface area (Å²) in [7, 11) is 1.75. The number of ether oxygens (including phenoxy) is 2. The van der Waals surface area contributed by atoms with Gasteiger partial charge in [0.1, 0.15) is 5.60 Å². The highest BCUT2D eigenvalue weighted by Gasteiger charge is 2.32. The lowest BCUT2D eigenvalue weighted by Crippen LogP contribution is -2.51. The fourth-order valence-corrected chi connectivity index (χ4v) is 2.90. The molecule has 6 heteroatoms. The van der Waals surface area contributed by atoms with Crippen LogP contribution in [0.2, 0.25) is 0 Å². The van der Waals surface area contributed by atoms with Crippen molar-refractivity contribution in [3.05, 3.63) is 35.9 Å². The minimum atomic E-state index is -1.01. The predicted octanol–water partition coefficient (Wildman–Crippen LogP) is 1.64. The fraction of sp³-hybridized carbons (Fsp3) is 0.632. The van der Waals surface area contributed by atoms with Crippen LogP contribution in [0.25, 0.3) is 0 Å². The average molecular weight is 349 g/mol. The molecular weight excluding hydrogens is 318 g/mol. The maximum atomic E-state index is 10.7. The molecule has 0 bridgehead atoms. The van der Waals surface area contributed by atoms with Crippen molar-refractivity contribution in [1.82, 2.24) is 10.6 Å². The van der Waals surface area contributed by atoms with Crippen LogP contribution >= 0.6 is 0 Å². The van der Waals surface area contributed by atoms with Crippen LogP contribution in [-0.4, -0.2) is 56.6 Å². The molecule has 0 spiro atoms. The summed E-state index contributed by atoms with van der Waals surface area (Å²) >= 11 is 0. The molecule has 1 heterocycles. The minimum absolute atomic E-state index is 0.226. The normalized spacial score (nSPS) is 19.9. The second-order valence-corrected chi connectivity index (χ2v) is 6.69. The minimum Gasteiger partial charge on any atom is -0.384 e. The van der Waals surface area contributed by atoms with E-state index in [1.54, 1.807) is 14.0 Å². The number of guanidine groups is 1. The summed E-state index contributed by atoms with van der Waals surface area (Å²) in [5, 5.41) is 17.3. The number of aliphatic imine (C=N–C) groups is 1. The Morgan fingerprint density at radius 1 is 1.28 bits per heavy atom. The van der Waals surface area contributed by atoms with Gasteiger partial charge in [-0.3, -0.25) is 0 Å². The summed E-state index contributed by atoms with van der Waals surface area (Å²) in [5.41, 5.74) is -0.384. The van der Waals surface area contributed by atoms with Gasteiger partial charge >= 0.3 is 0 Å². The maximum absolute atomic E-state index is 10.7. The van der Waals surface area contributed by atoms with E-state index in [9.17, 15) is 5.11 Å². The van der Waals surface area contributed by atoms with Gasteiger partial charge in [-0.25, -0.2) is 4.99 Å². The van der Waals surface area contributed by atoms with E-state index in [0.29, 0.717) is 25.7 Å². The molecule has 140 valence electrons. The van der Waals surface area contributed by atoms with E-state index in [-0.39, 0.29) is 12.1 Å². The number of nitrogens with one attached hydrogen (secondary N) is 2. The molecule has 0 aromatic heterocycles. The van der Waals surface area contributed by atoms with Crippen LogP contribution in [0.1, 0.15) is 32.3 Å². The van der Waals surface area contributed by atoms with Gasteiger partial charge in [-0.15, -0.1) is 0 Å². The van der Waals surface area contributed by atoms with E-state index < -0.39 is 5.60 Å². The van der Waals surface area contributed by atoms with Crippen molar-refractivity contribution in [3.63, 3.8) is 0 Å². The number of aliphatic hydroxyl groups is 1. The molecule has 0 saturated carbocycles. The Labute approximate surface area is 150 Å². The smallest absolute Gasteiger partial charge is 0.191 e. The predicted molar refractivity (Wildman–Crippen MR) is 99.8 cm³/mol. The molecule has 1 unspecified atom stereocenters. The lowest BCUT2D eigenvalue weighted by molar-refractivity contribution is -0.0855. The highest BCUT2D eigenvalue weighted by atomic mass is 16.5. The Bertz CT molecular complexity index is 540. The van der Waals surface area contributed by atoms with Crippen LogP contribution in [-0.2, 0) is 15.1 Å². The van der Waals surface area contributed by atoms with Crippen molar-refractivity contribution in [2.24, 2.45) is 4.99 Å². The number of hydrogen-bond donors (Lipinski definition) is 3. The van der Waals surface area contributed by atoms with Gasteiger partial charge in [0, 0.05) is 46.3 Å². The van der Waals surface area contributed by atoms with E-state index >= 15 is 0 Å². The first-order valence-corrected chi connectivity index (χ1v) is 8.94. The Kier molecular flexibility index (Phi) is 7.23. The Morgan fingerprint density at radius 3 is 2.56 bits per heavy atom. The van der Waals surface area contributed by atoms with Gasteiger partial charge in [0.25, 0.3) is 0 Å². The molecule has 6 nitrogen and oxygen atoms in total. The SMILES string of the molecule is CCNC(=NCC(C)(O)c1ccccc1)NCC1(OC)CCOCC1. The molecule has 1 atom stereocenters. The average Bonchev–Trinajstić information content (AvgIpc) is 2.65. The molecule has 25 heavy (non-hydrogen) atoms. The van der Waals surface area contributed by atoms with Gasteiger partial charge < -0.3 is 25.2 Å². The fourth-order valence-electron chi connectivity index (χ4n) is 2.90. The third-order valence-corrected chi connectivity index (χ3v) is 4.70. The molecule has 1 aliphatic rings. The van der Waals surface area contributed by atoms with Crippen LogP contribution in [0.5, 0.6) is 0 Å². The monoisotopic (exact) mass is 349 g/mol. The summed E-state index contributed by atoms with van der Waals surface area (Å²) in [4.78, 5) is 4.57. The number of benzene rings is 1. The zero-order valence-corrected chi connectivity index (χ0v) is 15.5. The van der Waals surface area contributed by atoms with Gasteiger partial charge in [0.15, 0.2) is 5.96 Å². The second-order valence-electron chi connectivity index (χ2n) is 6.69. The molecule has 1 aliphatic heterocycles. The molecule has 2 rings (SSSR count). The van der Waals surface area contributed by atoms with Crippen LogP contribution < -0.4 is 10.6 Å². The molecule has 1 aromatic rings. The van der Waals surface area contributed by atoms with Gasteiger partial charge in [0.2, 0.25) is 0 Å². The van der Waals surface area contributed by atoms with Crippen molar-refractivity contribution in [2.75, 3.05) is 40.0 Å². The van der Waals surface area contributed by atoms with Crippen molar-refractivity contribution >= 4 is 5.96 Å². The van der Waals surface area contributed by atoms with Crippen LogP contribution in [0.3, 0.4) is 0 Å². The molecule has 0 amide bonds.